The number of aryl methyl sites for hydroxylation is 1. The van der Waals surface area contributed by atoms with Gasteiger partial charge in [0.05, 0.1) is 28.2 Å². The number of fused-ring (bicyclic) bond motifs is 1. The topological polar surface area (TPSA) is 83.4 Å². The number of imidazole rings is 1. The van der Waals surface area contributed by atoms with Gasteiger partial charge >= 0.3 is 0 Å². The minimum Gasteiger partial charge on any atom is -0.381 e. The summed E-state index contributed by atoms with van der Waals surface area (Å²) in [5.41, 5.74) is 2.84. The lowest BCUT2D eigenvalue weighted by atomic mass is 10.0. The van der Waals surface area contributed by atoms with Crippen LogP contribution in [-0.4, -0.2) is 64.4 Å². The summed E-state index contributed by atoms with van der Waals surface area (Å²) in [5, 5.41) is 3.59. The molecule has 0 bridgehead atoms. The van der Waals surface area contributed by atoms with Crippen molar-refractivity contribution in [3.63, 3.8) is 0 Å². The zero-order valence-corrected chi connectivity index (χ0v) is 20.7. The number of rotatable bonds is 7. The third kappa shape index (κ3) is 4.82. The molecule has 182 valence electrons. The Kier molecular flexibility index (Phi) is 6.85. The number of sulfonamides is 1. The van der Waals surface area contributed by atoms with Gasteiger partial charge < -0.3 is 9.88 Å². The first-order valence-corrected chi connectivity index (χ1v) is 13.9. The molecule has 2 fully saturated rings. The minimum absolute atomic E-state index is 0.358. The molecule has 0 unspecified atom stereocenters. The van der Waals surface area contributed by atoms with E-state index in [1.165, 1.54) is 0 Å². The molecule has 9 heteroatoms. The summed E-state index contributed by atoms with van der Waals surface area (Å²) in [5.74, 6) is 1.00. The van der Waals surface area contributed by atoms with Gasteiger partial charge in [-0.3, -0.25) is 9.88 Å². The lowest BCUT2D eigenvalue weighted by Crippen LogP contribution is -2.39. The molecule has 2 aliphatic rings. The molecule has 2 aromatic heterocycles. The summed E-state index contributed by atoms with van der Waals surface area (Å²) in [6.07, 6.45) is 8.77. The predicted octanol–water partition coefficient (Wildman–Crippen LogP) is 3.70. The summed E-state index contributed by atoms with van der Waals surface area (Å²) >= 11 is 0. The van der Waals surface area contributed by atoms with Crippen LogP contribution in [0, 0.1) is 0 Å². The average molecular weight is 483 g/mol. The highest BCUT2D eigenvalue weighted by molar-refractivity contribution is 7.89. The van der Waals surface area contributed by atoms with Gasteiger partial charge in [-0.25, -0.2) is 13.4 Å². The fourth-order valence-electron chi connectivity index (χ4n) is 5.17. The Morgan fingerprint density at radius 3 is 2.56 bits per heavy atom. The first-order chi connectivity index (χ1) is 16.5. The maximum Gasteiger partial charge on any atom is 0.243 e. The zero-order chi connectivity index (χ0) is 23.5. The van der Waals surface area contributed by atoms with Crippen molar-refractivity contribution in [3.8, 4) is 0 Å². The van der Waals surface area contributed by atoms with Crippen molar-refractivity contribution in [2.24, 2.45) is 0 Å². The van der Waals surface area contributed by atoms with Crippen LogP contribution in [0.15, 0.2) is 47.6 Å². The quantitative estimate of drug-likeness (QED) is 0.553. The molecule has 0 radical (unpaired) electrons. The fraction of sp³-hybridized carbons (Fsp3) is 0.520. The second-order valence-corrected chi connectivity index (χ2v) is 11.3. The summed E-state index contributed by atoms with van der Waals surface area (Å²) in [4.78, 5) is 11.9. The third-order valence-corrected chi connectivity index (χ3v) is 8.95. The first kappa shape index (κ1) is 23.3. The molecule has 3 aromatic rings. The number of hydrogen-bond donors (Lipinski definition) is 1. The van der Waals surface area contributed by atoms with Gasteiger partial charge in [0.2, 0.25) is 10.0 Å². The highest BCUT2D eigenvalue weighted by Gasteiger charge is 2.27. The van der Waals surface area contributed by atoms with Crippen LogP contribution in [0.1, 0.15) is 44.9 Å². The van der Waals surface area contributed by atoms with E-state index in [-0.39, 0.29) is 0 Å². The number of anilines is 1. The van der Waals surface area contributed by atoms with Gasteiger partial charge in [-0.05, 0) is 62.9 Å². The van der Waals surface area contributed by atoms with Crippen molar-refractivity contribution in [1.82, 2.24) is 23.7 Å². The van der Waals surface area contributed by atoms with E-state index in [1.54, 1.807) is 22.6 Å². The first-order valence-electron chi connectivity index (χ1n) is 12.4. The van der Waals surface area contributed by atoms with Crippen LogP contribution >= 0.6 is 0 Å². The lowest BCUT2D eigenvalue weighted by Gasteiger charge is -2.32. The largest absolute Gasteiger partial charge is 0.381 e. The molecular weight excluding hydrogens is 448 g/mol. The summed E-state index contributed by atoms with van der Waals surface area (Å²) in [6.45, 7) is 6.92. The number of benzene rings is 1. The zero-order valence-electron chi connectivity index (χ0n) is 19.9. The van der Waals surface area contributed by atoms with Gasteiger partial charge in [-0.15, -0.1) is 0 Å². The van der Waals surface area contributed by atoms with Gasteiger partial charge in [-0.2, -0.15) is 4.31 Å². The second-order valence-electron chi connectivity index (χ2n) is 9.32. The summed E-state index contributed by atoms with van der Waals surface area (Å²) in [7, 11) is -3.46. The highest BCUT2D eigenvalue weighted by Crippen LogP contribution is 2.26. The Bertz CT molecular complexity index is 1210. The predicted molar refractivity (Wildman–Crippen MR) is 134 cm³/mol. The Morgan fingerprint density at radius 1 is 1.06 bits per heavy atom. The SMILES string of the molecule is CCn1c(CN2CCC(Nc3cccnc3)CC2)nc2cc(S(=O)(=O)N3CCCCC3)ccc21. The van der Waals surface area contributed by atoms with Crippen molar-refractivity contribution in [3.05, 3.63) is 48.5 Å². The molecule has 1 N–H and O–H groups in total. The number of pyridine rings is 1. The van der Waals surface area contributed by atoms with Gasteiger partial charge in [0, 0.05) is 51.2 Å². The molecule has 0 amide bonds. The molecule has 2 saturated heterocycles. The Labute approximate surface area is 202 Å². The van der Waals surface area contributed by atoms with E-state index < -0.39 is 10.0 Å². The fourth-order valence-corrected chi connectivity index (χ4v) is 6.70. The van der Waals surface area contributed by atoms with Gasteiger partial charge in [0.25, 0.3) is 0 Å². The lowest BCUT2D eigenvalue weighted by molar-refractivity contribution is 0.204. The van der Waals surface area contributed by atoms with Crippen LogP contribution in [0.5, 0.6) is 0 Å². The Morgan fingerprint density at radius 2 is 1.85 bits per heavy atom. The molecule has 1 aromatic carbocycles. The Balaban J connectivity index is 1.29. The van der Waals surface area contributed by atoms with Crippen LogP contribution in [0.25, 0.3) is 11.0 Å². The van der Waals surface area contributed by atoms with Crippen molar-refractivity contribution >= 4 is 26.7 Å². The molecular formula is C25H34N6O2S. The minimum atomic E-state index is -3.46. The van der Waals surface area contributed by atoms with Crippen molar-refractivity contribution in [2.45, 2.75) is 63.1 Å². The number of aromatic nitrogens is 3. The molecule has 0 atom stereocenters. The second kappa shape index (κ2) is 10.0. The number of piperidine rings is 2. The summed E-state index contributed by atoms with van der Waals surface area (Å²) in [6, 6.07) is 9.90. The van der Waals surface area contributed by atoms with E-state index in [0.717, 1.165) is 80.8 Å². The standard InChI is InChI=1S/C25H34N6O2S/c1-2-31-24-9-8-22(34(32,33)30-13-4-3-5-14-30)17-23(24)28-25(31)19-29-15-10-20(11-16-29)27-21-7-6-12-26-18-21/h6-9,12,17-18,20,27H,2-5,10-11,13-16,19H2,1H3. The van der Waals surface area contributed by atoms with Crippen molar-refractivity contribution < 1.29 is 8.42 Å². The van der Waals surface area contributed by atoms with Crippen molar-refractivity contribution in [1.29, 1.82) is 0 Å². The van der Waals surface area contributed by atoms with Crippen LogP contribution in [-0.2, 0) is 23.1 Å². The van der Waals surface area contributed by atoms with Gasteiger partial charge in [0.1, 0.15) is 5.82 Å². The summed E-state index contributed by atoms with van der Waals surface area (Å²) < 4.78 is 30.1. The number of nitrogens with zero attached hydrogens (tertiary/aromatic N) is 5. The smallest absolute Gasteiger partial charge is 0.243 e. The number of hydrogen-bond acceptors (Lipinski definition) is 6. The molecule has 0 spiro atoms. The third-order valence-electron chi connectivity index (χ3n) is 7.05. The Hall–Kier alpha value is -2.49. The van der Waals surface area contributed by atoms with E-state index in [9.17, 15) is 8.42 Å². The van der Waals surface area contributed by atoms with E-state index in [4.69, 9.17) is 4.98 Å². The number of nitrogens with one attached hydrogen (secondary N) is 1. The van der Waals surface area contributed by atoms with E-state index in [1.807, 2.05) is 18.3 Å². The molecule has 2 aliphatic heterocycles. The van der Waals surface area contributed by atoms with E-state index in [2.05, 4.69) is 32.8 Å². The highest BCUT2D eigenvalue weighted by atomic mass is 32.2. The molecule has 34 heavy (non-hydrogen) atoms. The molecule has 0 aliphatic carbocycles. The molecule has 5 rings (SSSR count). The van der Waals surface area contributed by atoms with E-state index in [0.29, 0.717) is 24.0 Å². The van der Waals surface area contributed by atoms with Gasteiger partial charge in [-0.1, -0.05) is 6.42 Å². The van der Waals surface area contributed by atoms with Gasteiger partial charge in [0.15, 0.2) is 0 Å². The van der Waals surface area contributed by atoms with Crippen LogP contribution < -0.4 is 5.32 Å². The molecule has 0 saturated carbocycles. The maximum absolute atomic E-state index is 13.1. The van der Waals surface area contributed by atoms with Crippen LogP contribution in [0.2, 0.25) is 0 Å². The van der Waals surface area contributed by atoms with Crippen molar-refractivity contribution in [2.75, 3.05) is 31.5 Å². The normalized spacial score (nSPS) is 19.0. The van der Waals surface area contributed by atoms with E-state index >= 15 is 0 Å². The molecule has 8 nitrogen and oxygen atoms in total. The average Bonchev–Trinajstić information content (AvgIpc) is 3.22. The molecule has 4 heterocycles. The maximum atomic E-state index is 13.1. The van der Waals surface area contributed by atoms with Crippen LogP contribution in [0.4, 0.5) is 5.69 Å². The number of likely N-dealkylation sites (tertiary alicyclic amines) is 1. The van der Waals surface area contributed by atoms with Crippen LogP contribution in [0.3, 0.4) is 0 Å². The monoisotopic (exact) mass is 482 g/mol.